The van der Waals surface area contributed by atoms with Crippen LogP contribution in [0.1, 0.15) is 26.7 Å². The molecule has 0 aliphatic rings. The molecule has 6 nitrogen and oxygen atoms in total. The number of hydrogen-bond acceptors (Lipinski definition) is 5. The highest BCUT2D eigenvalue weighted by atomic mass is 35.5. The Morgan fingerprint density at radius 3 is 2.85 bits per heavy atom. The van der Waals surface area contributed by atoms with Crippen molar-refractivity contribution >= 4 is 29.3 Å². The molecule has 0 aliphatic heterocycles. The number of thioether (sulfide) groups is 1. The van der Waals surface area contributed by atoms with Gasteiger partial charge in [-0.05, 0) is 31.9 Å². The van der Waals surface area contributed by atoms with Crippen molar-refractivity contribution in [2.75, 3.05) is 19.5 Å². The van der Waals surface area contributed by atoms with Crippen molar-refractivity contribution in [1.29, 1.82) is 0 Å². The van der Waals surface area contributed by atoms with E-state index in [9.17, 15) is 4.79 Å². The molecule has 2 aromatic rings. The minimum absolute atomic E-state index is 0.00455. The molecule has 1 aromatic carbocycles. The number of nitrogens with zero attached hydrogens (tertiary/aromatic N) is 3. The maximum Gasteiger partial charge on any atom is 0.230 e. The molecule has 142 valence electrons. The summed E-state index contributed by atoms with van der Waals surface area (Å²) in [7, 11) is 1.68. The summed E-state index contributed by atoms with van der Waals surface area (Å²) < 4.78 is 7.15. The molecule has 0 spiro atoms. The van der Waals surface area contributed by atoms with Gasteiger partial charge in [-0.15, -0.1) is 10.2 Å². The van der Waals surface area contributed by atoms with Crippen LogP contribution in [0.5, 0.6) is 0 Å². The largest absolute Gasteiger partial charge is 0.385 e. The SMILES string of the molecule is CCC(C)NC(=O)CSc1nnc(-c2ccccc2Cl)n1CCCOC. The van der Waals surface area contributed by atoms with Crippen molar-refractivity contribution < 1.29 is 9.53 Å². The molecule has 0 aliphatic carbocycles. The van der Waals surface area contributed by atoms with E-state index < -0.39 is 0 Å². The lowest BCUT2D eigenvalue weighted by molar-refractivity contribution is -0.119. The van der Waals surface area contributed by atoms with Gasteiger partial charge in [0.05, 0.1) is 10.8 Å². The van der Waals surface area contributed by atoms with Crippen LogP contribution in [0.4, 0.5) is 0 Å². The van der Waals surface area contributed by atoms with E-state index in [4.69, 9.17) is 16.3 Å². The van der Waals surface area contributed by atoms with Gasteiger partial charge in [0.2, 0.25) is 5.91 Å². The quantitative estimate of drug-likeness (QED) is 0.490. The maximum atomic E-state index is 12.1. The van der Waals surface area contributed by atoms with Gasteiger partial charge >= 0.3 is 0 Å². The zero-order chi connectivity index (χ0) is 18.9. The minimum Gasteiger partial charge on any atom is -0.385 e. The zero-order valence-corrected chi connectivity index (χ0v) is 16.9. The van der Waals surface area contributed by atoms with Gasteiger partial charge in [-0.25, -0.2) is 0 Å². The van der Waals surface area contributed by atoms with Gasteiger partial charge in [0.25, 0.3) is 0 Å². The molecule has 1 atom stereocenters. The molecular weight excluding hydrogens is 372 g/mol. The molecule has 0 saturated carbocycles. The van der Waals surface area contributed by atoms with Crippen molar-refractivity contribution in [3.05, 3.63) is 29.3 Å². The molecule has 0 radical (unpaired) electrons. The Morgan fingerprint density at radius 2 is 2.15 bits per heavy atom. The summed E-state index contributed by atoms with van der Waals surface area (Å²) >= 11 is 7.71. The summed E-state index contributed by atoms with van der Waals surface area (Å²) in [5.41, 5.74) is 0.829. The van der Waals surface area contributed by atoms with Crippen LogP contribution in [0.25, 0.3) is 11.4 Å². The third kappa shape index (κ3) is 5.72. The second-order valence-electron chi connectivity index (χ2n) is 5.95. The first-order chi connectivity index (χ1) is 12.6. The van der Waals surface area contributed by atoms with Crippen LogP contribution in [-0.4, -0.2) is 46.2 Å². The van der Waals surface area contributed by atoms with Gasteiger partial charge in [0, 0.05) is 31.9 Å². The Balaban J connectivity index is 2.17. The Bertz CT molecular complexity index is 723. The predicted octanol–water partition coefficient (Wildman–Crippen LogP) is 3.64. The molecule has 26 heavy (non-hydrogen) atoms. The highest BCUT2D eigenvalue weighted by Crippen LogP contribution is 2.29. The van der Waals surface area contributed by atoms with Gasteiger partial charge in [0.1, 0.15) is 0 Å². The fourth-order valence-electron chi connectivity index (χ4n) is 2.35. The van der Waals surface area contributed by atoms with Crippen molar-refractivity contribution in [3.63, 3.8) is 0 Å². The lowest BCUT2D eigenvalue weighted by Gasteiger charge is -2.12. The average Bonchev–Trinajstić information content (AvgIpc) is 3.03. The number of amides is 1. The Hall–Kier alpha value is -1.57. The molecule has 1 aromatic heterocycles. The molecule has 0 fully saturated rings. The molecule has 0 bridgehead atoms. The second-order valence-corrected chi connectivity index (χ2v) is 7.30. The van der Waals surface area contributed by atoms with E-state index in [2.05, 4.69) is 15.5 Å². The summed E-state index contributed by atoms with van der Waals surface area (Å²) in [5.74, 6) is 1.00. The number of halogens is 1. The molecule has 0 saturated heterocycles. The molecule has 2 rings (SSSR count). The Labute approximate surface area is 163 Å². The Morgan fingerprint density at radius 1 is 1.38 bits per heavy atom. The van der Waals surface area contributed by atoms with Crippen molar-refractivity contribution in [2.45, 2.75) is 44.4 Å². The number of aromatic nitrogens is 3. The second kappa shape index (κ2) is 10.5. The van der Waals surface area contributed by atoms with Crippen LogP contribution >= 0.6 is 23.4 Å². The average molecular weight is 397 g/mol. The fourth-order valence-corrected chi connectivity index (χ4v) is 3.35. The smallest absolute Gasteiger partial charge is 0.230 e. The number of hydrogen-bond donors (Lipinski definition) is 1. The van der Waals surface area contributed by atoms with E-state index in [-0.39, 0.29) is 11.9 Å². The summed E-state index contributed by atoms with van der Waals surface area (Å²) in [6, 6.07) is 7.72. The third-order valence-corrected chi connectivity index (χ3v) is 5.21. The van der Waals surface area contributed by atoms with Gasteiger partial charge < -0.3 is 14.6 Å². The molecular formula is C18H25ClN4O2S. The predicted molar refractivity (Wildman–Crippen MR) is 106 cm³/mol. The fraction of sp³-hybridized carbons (Fsp3) is 0.500. The topological polar surface area (TPSA) is 69.0 Å². The number of benzene rings is 1. The van der Waals surface area contributed by atoms with E-state index >= 15 is 0 Å². The lowest BCUT2D eigenvalue weighted by atomic mass is 10.2. The maximum absolute atomic E-state index is 12.1. The van der Waals surface area contributed by atoms with E-state index in [1.54, 1.807) is 7.11 Å². The normalized spacial score (nSPS) is 12.2. The van der Waals surface area contributed by atoms with Crippen LogP contribution in [0.3, 0.4) is 0 Å². The first-order valence-corrected chi connectivity index (χ1v) is 10.0. The number of methoxy groups -OCH3 is 1. The Kier molecular flexibility index (Phi) is 8.41. The highest BCUT2D eigenvalue weighted by Gasteiger charge is 2.17. The number of carbonyl (C=O) groups excluding carboxylic acids is 1. The van der Waals surface area contributed by atoms with Crippen LogP contribution in [0.2, 0.25) is 5.02 Å². The van der Waals surface area contributed by atoms with Crippen LogP contribution in [-0.2, 0) is 16.1 Å². The number of carbonyl (C=O) groups is 1. The monoisotopic (exact) mass is 396 g/mol. The van der Waals surface area contributed by atoms with Gasteiger partial charge in [-0.3, -0.25) is 4.79 Å². The molecule has 1 amide bonds. The van der Waals surface area contributed by atoms with Crippen molar-refractivity contribution in [3.8, 4) is 11.4 Å². The van der Waals surface area contributed by atoms with Crippen LogP contribution < -0.4 is 5.32 Å². The van der Waals surface area contributed by atoms with E-state index in [1.165, 1.54) is 11.8 Å². The first kappa shape index (κ1) is 20.7. The minimum atomic E-state index is -0.00455. The summed E-state index contributed by atoms with van der Waals surface area (Å²) in [6.45, 7) is 5.36. The zero-order valence-electron chi connectivity index (χ0n) is 15.4. The van der Waals surface area contributed by atoms with E-state index in [0.29, 0.717) is 34.9 Å². The molecule has 1 N–H and O–H groups in total. The van der Waals surface area contributed by atoms with Crippen LogP contribution in [0.15, 0.2) is 29.4 Å². The molecule has 8 heteroatoms. The summed E-state index contributed by atoms with van der Waals surface area (Å²) in [5, 5.41) is 12.9. The van der Waals surface area contributed by atoms with E-state index in [1.807, 2.05) is 42.7 Å². The van der Waals surface area contributed by atoms with Crippen molar-refractivity contribution in [2.24, 2.45) is 0 Å². The van der Waals surface area contributed by atoms with Gasteiger partial charge in [-0.2, -0.15) is 0 Å². The number of rotatable bonds is 10. The number of nitrogens with one attached hydrogen (secondary N) is 1. The third-order valence-electron chi connectivity index (χ3n) is 3.91. The van der Waals surface area contributed by atoms with E-state index in [0.717, 1.165) is 18.4 Å². The van der Waals surface area contributed by atoms with Crippen LogP contribution in [0, 0.1) is 0 Å². The molecule has 1 heterocycles. The standard InChI is InChI=1S/C18H25ClN4O2S/c1-4-13(2)20-16(24)12-26-18-22-21-17(23(18)10-7-11-25-3)14-8-5-6-9-15(14)19/h5-6,8-9,13H,4,7,10-12H2,1-3H3,(H,20,24). The highest BCUT2D eigenvalue weighted by molar-refractivity contribution is 7.99. The summed E-state index contributed by atoms with van der Waals surface area (Å²) in [6.07, 6.45) is 1.72. The van der Waals surface area contributed by atoms with Gasteiger partial charge in [0.15, 0.2) is 11.0 Å². The molecule has 1 unspecified atom stereocenters. The summed E-state index contributed by atoms with van der Waals surface area (Å²) in [4.78, 5) is 12.1. The first-order valence-electron chi connectivity index (χ1n) is 8.66. The number of ether oxygens (including phenoxy) is 1. The lowest BCUT2D eigenvalue weighted by Crippen LogP contribution is -2.33. The van der Waals surface area contributed by atoms with Crippen molar-refractivity contribution in [1.82, 2.24) is 20.1 Å². The van der Waals surface area contributed by atoms with Gasteiger partial charge in [-0.1, -0.05) is 42.4 Å².